The van der Waals surface area contributed by atoms with Gasteiger partial charge in [0, 0.05) is 22.3 Å². The van der Waals surface area contributed by atoms with Crippen molar-refractivity contribution in [3.05, 3.63) is 64.1 Å². The molecule has 2 N–H and O–H groups in total. The number of rotatable bonds is 3. The van der Waals surface area contributed by atoms with Crippen molar-refractivity contribution >= 4 is 27.5 Å². The molecule has 5 heteroatoms. The molecule has 21 heavy (non-hydrogen) atoms. The third-order valence-electron chi connectivity index (χ3n) is 3.74. The van der Waals surface area contributed by atoms with E-state index in [1.807, 2.05) is 36.4 Å². The average Bonchev–Trinajstić information content (AvgIpc) is 2.73. The summed E-state index contributed by atoms with van der Waals surface area (Å²) < 4.78 is 0.823. The summed E-state index contributed by atoms with van der Waals surface area (Å²) in [6.45, 7) is 0.469. The van der Waals surface area contributed by atoms with E-state index in [4.69, 9.17) is 0 Å². The van der Waals surface area contributed by atoms with Gasteiger partial charge in [0.15, 0.2) is 0 Å². The summed E-state index contributed by atoms with van der Waals surface area (Å²) >= 11 is 3.38. The fourth-order valence-electron chi connectivity index (χ4n) is 2.60. The number of likely N-dealkylation sites (N-methyl/N-ethyl adjacent to an activating group) is 1. The minimum atomic E-state index is -1.66. The lowest BCUT2D eigenvalue weighted by Gasteiger charge is -2.32. The van der Waals surface area contributed by atoms with E-state index in [0.717, 1.165) is 10.0 Å². The SMILES string of the molecule is CN(Cc1ccccc1)C1(O)C(=O)Nc2ccc(Br)cc21. The molecular weight excluding hydrogens is 332 g/mol. The summed E-state index contributed by atoms with van der Waals surface area (Å²) in [6.07, 6.45) is 0. The third kappa shape index (κ3) is 2.37. The summed E-state index contributed by atoms with van der Waals surface area (Å²) in [5.41, 5.74) is 0.588. The number of nitrogens with zero attached hydrogens (tertiary/aromatic N) is 1. The highest BCUT2D eigenvalue weighted by atomic mass is 79.9. The molecule has 4 nitrogen and oxygen atoms in total. The van der Waals surface area contributed by atoms with Crippen LogP contribution in [0, 0.1) is 0 Å². The standard InChI is InChI=1S/C16H15BrN2O2/c1-19(10-11-5-3-2-4-6-11)16(21)13-9-12(17)7-8-14(13)18-15(16)20/h2-9,21H,10H2,1H3,(H,18,20). The van der Waals surface area contributed by atoms with Crippen molar-refractivity contribution < 1.29 is 9.90 Å². The van der Waals surface area contributed by atoms with Gasteiger partial charge in [0.1, 0.15) is 0 Å². The molecule has 0 bridgehead atoms. The minimum Gasteiger partial charge on any atom is -0.364 e. The van der Waals surface area contributed by atoms with Crippen molar-refractivity contribution in [1.82, 2.24) is 4.90 Å². The van der Waals surface area contributed by atoms with Gasteiger partial charge in [-0.3, -0.25) is 9.69 Å². The summed E-state index contributed by atoms with van der Waals surface area (Å²) in [5, 5.41) is 13.7. The van der Waals surface area contributed by atoms with Gasteiger partial charge in [0.25, 0.3) is 5.91 Å². The molecule has 0 fully saturated rings. The Kier molecular flexibility index (Phi) is 3.57. The first kappa shape index (κ1) is 14.3. The molecule has 1 aliphatic heterocycles. The Hall–Kier alpha value is -1.69. The van der Waals surface area contributed by atoms with Gasteiger partial charge in [-0.25, -0.2) is 0 Å². The van der Waals surface area contributed by atoms with Gasteiger partial charge in [-0.15, -0.1) is 0 Å². The van der Waals surface area contributed by atoms with Gasteiger partial charge in [-0.2, -0.15) is 0 Å². The molecule has 1 amide bonds. The van der Waals surface area contributed by atoms with E-state index in [1.54, 1.807) is 24.1 Å². The fourth-order valence-corrected chi connectivity index (χ4v) is 2.96. The number of fused-ring (bicyclic) bond motifs is 1. The molecule has 0 radical (unpaired) electrons. The Labute approximate surface area is 131 Å². The first-order chi connectivity index (χ1) is 10.0. The predicted molar refractivity (Wildman–Crippen MR) is 84.6 cm³/mol. The second-order valence-electron chi connectivity index (χ2n) is 5.16. The van der Waals surface area contributed by atoms with E-state index in [2.05, 4.69) is 21.2 Å². The van der Waals surface area contributed by atoms with Crippen LogP contribution < -0.4 is 5.32 Å². The number of nitrogens with one attached hydrogen (secondary N) is 1. The lowest BCUT2D eigenvalue weighted by molar-refractivity contribution is -0.156. The zero-order chi connectivity index (χ0) is 15.0. The number of aliphatic hydroxyl groups is 1. The van der Waals surface area contributed by atoms with Gasteiger partial charge < -0.3 is 10.4 Å². The molecule has 1 unspecified atom stereocenters. The molecule has 2 aromatic rings. The molecule has 0 aliphatic carbocycles. The molecule has 1 aliphatic rings. The molecular formula is C16H15BrN2O2. The summed E-state index contributed by atoms with van der Waals surface area (Å²) in [5.74, 6) is -0.422. The van der Waals surface area contributed by atoms with Crippen LogP contribution in [-0.2, 0) is 17.1 Å². The zero-order valence-electron chi connectivity index (χ0n) is 11.5. The Bertz CT molecular complexity index is 690. The number of halogens is 1. The number of hydrogen-bond acceptors (Lipinski definition) is 3. The maximum absolute atomic E-state index is 12.3. The minimum absolute atomic E-state index is 0.422. The molecule has 2 aromatic carbocycles. The van der Waals surface area contributed by atoms with E-state index < -0.39 is 11.6 Å². The molecule has 3 rings (SSSR count). The highest BCUT2D eigenvalue weighted by Gasteiger charge is 2.48. The van der Waals surface area contributed by atoms with Crippen molar-refractivity contribution in [2.75, 3.05) is 12.4 Å². The molecule has 0 saturated heterocycles. The number of hydrogen-bond donors (Lipinski definition) is 2. The molecule has 1 atom stereocenters. The van der Waals surface area contributed by atoms with Crippen molar-refractivity contribution in [2.45, 2.75) is 12.3 Å². The van der Waals surface area contributed by atoms with Crippen LogP contribution in [0.4, 0.5) is 5.69 Å². The second-order valence-corrected chi connectivity index (χ2v) is 6.07. The van der Waals surface area contributed by atoms with Gasteiger partial charge in [-0.05, 0) is 30.8 Å². The van der Waals surface area contributed by atoms with Crippen LogP contribution >= 0.6 is 15.9 Å². The van der Waals surface area contributed by atoms with Crippen LogP contribution in [0.25, 0.3) is 0 Å². The zero-order valence-corrected chi connectivity index (χ0v) is 13.1. The van der Waals surface area contributed by atoms with Crippen LogP contribution in [-0.4, -0.2) is 23.0 Å². The van der Waals surface area contributed by atoms with Crippen molar-refractivity contribution in [2.24, 2.45) is 0 Å². The maximum atomic E-state index is 12.3. The number of carbonyl (C=O) groups excluding carboxylic acids is 1. The quantitative estimate of drug-likeness (QED) is 0.840. The van der Waals surface area contributed by atoms with E-state index in [1.165, 1.54) is 0 Å². The first-order valence-electron chi connectivity index (χ1n) is 6.61. The van der Waals surface area contributed by atoms with E-state index in [0.29, 0.717) is 17.8 Å². The summed E-state index contributed by atoms with van der Waals surface area (Å²) in [6, 6.07) is 15.1. The monoisotopic (exact) mass is 346 g/mol. The van der Waals surface area contributed by atoms with Crippen molar-refractivity contribution in [3.63, 3.8) is 0 Å². The number of amides is 1. The Morgan fingerprint density at radius 1 is 1.24 bits per heavy atom. The largest absolute Gasteiger partial charge is 0.364 e. The van der Waals surface area contributed by atoms with Crippen LogP contribution in [0.15, 0.2) is 53.0 Å². The average molecular weight is 347 g/mol. The number of anilines is 1. The third-order valence-corrected chi connectivity index (χ3v) is 4.23. The first-order valence-corrected chi connectivity index (χ1v) is 7.40. The number of carbonyl (C=O) groups is 1. The topological polar surface area (TPSA) is 52.6 Å². The molecule has 0 spiro atoms. The van der Waals surface area contributed by atoms with E-state index in [-0.39, 0.29) is 0 Å². The van der Waals surface area contributed by atoms with Crippen molar-refractivity contribution in [3.8, 4) is 0 Å². The molecule has 0 aromatic heterocycles. The highest BCUT2D eigenvalue weighted by Crippen LogP contribution is 2.39. The maximum Gasteiger partial charge on any atom is 0.276 e. The van der Waals surface area contributed by atoms with Crippen LogP contribution in [0.2, 0.25) is 0 Å². The smallest absolute Gasteiger partial charge is 0.276 e. The van der Waals surface area contributed by atoms with Gasteiger partial charge in [-0.1, -0.05) is 46.3 Å². The normalized spacial score (nSPS) is 20.5. The van der Waals surface area contributed by atoms with Gasteiger partial charge in [0.05, 0.1) is 0 Å². The fraction of sp³-hybridized carbons (Fsp3) is 0.188. The van der Waals surface area contributed by atoms with Crippen LogP contribution in [0.3, 0.4) is 0 Å². The molecule has 1 heterocycles. The van der Waals surface area contributed by atoms with Crippen LogP contribution in [0.1, 0.15) is 11.1 Å². The second kappa shape index (κ2) is 5.26. The Balaban J connectivity index is 1.97. The Morgan fingerprint density at radius 3 is 2.67 bits per heavy atom. The Morgan fingerprint density at radius 2 is 1.95 bits per heavy atom. The van der Waals surface area contributed by atoms with E-state index in [9.17, 15) is 9.90 Å². The highest BCUT2D eigenvalue weighted by molar-refractivity contribution is 9.10. The van der Waals surface area contributed by atoms with Crippen molar-refractivity contribution in [1.29, 1.82) is 0 Å². The molecule has 108 valence electrons. The van der Waals surface area contributed by atoms with Gasteiger partial charge in [0.2, 0.25) is 5.72 Å². The lowest BCUT2D eigenvalue weighted by atomic mass is 10.0. The summed E-state index contributed by atoms with van der Waals surface area (Å²) in [4.78, 5) is 13.9. The lowest BCUT2D eigenvalue weighted by Crippen LogP contribution is -2.48. The number of benzene rings is 2. The predicted octanol–water partition coefficient (Wildman–Crippen LogP) is 2.68. The van der Waals surface area contributed by atoms with E-state index >= 15 is 0 Å². The van der Waals surface area contributed by atoms with Gasteiger partial charge >= 0.3 is 0 Å². The van der Waals surface area contributed by atoms with Crippen LogP contribution in [0.5, 0.6) is 0 Å². The molecule has 0 saturated carbocycles. The summed E-state index contributed by atoms with van der Waals surface area (Å²) in [7, 11) is 1.74.